The van der Waals surface area contributed by atoms with Gasteiger partial charge in [0.15, 0.2) is 9.84 Å². The van der Waals surface area contributed by atoms with Crippen LogP contribution in [0, 0.1) is 5.92 Å². The molecule has 26 heavy (non-hydrogen) atoms. The Bertz CT molecular complexity index is 706. The van der Waals surface area contributed by atoms with E-state index >= 15 is 0 Å². The molecule has 2 rings (SSSR count). The van der Waals surface area contributed by atoms with Crippen molar-refractivity contribution in [3.05, 3.63) is 24.3 Å². The van der Waals surface area contributed by atoms with Gasteiger partial charge in [-0.2, -0.15) is 0 Å². The summed E-state index contributed by atoms with van der Waals surface area (Å²) >= 11 is 0. The summed E-state index contributed by atoms with van der Waals surface area (Å²) in [4.78, 5) is 11.9. The number of hydrogen-bond acceptors (Lipinski definition) is 6. The van der Waals surface area contributed by atoms with Gasteiger partial charge in [0, 0.05) is 18.7 Å². The van der Waals surface area contributed by atoms with Crippen molar-refractivity contribution >= 4 is 15.9 Å². The first kappa shape index (κ1) is 20.5. The highest BCUT2D eigenvalue weighted by molar-refractivity contribution is 7.90. The Morgan fingerprint density at radius 3 is 2.46 bits per heavy atom. The van der Waals surface area contributed by atoms with Gasteiger partial charge < -0.3 is 25.6 Å². The zero-order chi connectivity index (χ0) is 19.3. The second-order valence-corrected chi connectivity index (χ2v) is 8.55. The van der Waals surface area contributed by atoms with Gasteiger partial charge in [-0.3, -0.25) is 0 Å². The number of aliphatic hydroxyl groups excluding tert-OH is 2. The minimum Gasteiger partial charge on any atom is -0.493 e. The molecule has 1 aliphatic rings. The van der Waals surface area contributed by atoms with Crippen molar-refractivity contribution in [3.8, 4) is 5.75 Å². The Hall–Kier alpha value is -1.84. The molecule has 0 saturated heterocycles. The van der Waals surface area contributed by atoms with Gasteiger partial charge in [0.05, 0.1) is 23.6 Å². The van der Waals surface area contributed by atoms with Crippen molar-refractivity contribution in [2.24, 2.45) is 5.92 Å². The zero-order valence-electron chi connectivity index (χ0n) is 14.9. The van der Waals surface area contributed by atoms with Crippen LogP contribution in [-0.2, 0) is 9.84 Å². The van der Waals surface area contributed by atoms with Crippen LogP contribution in [0.1, 0.15) is 19.8 Å². The smallest absolute Gasteiger partial charge is 0.315 e. The molecule has 146 valence electrons. The number of aliphatic hydroxyl groups is 2. The number of carbonyl (C=O) groups excluding carboxylic acids is 1. The summed E-state index contributed by atoms with van der Waals surface area (Å²) in [5.41, 5.74) is 0. The SMILES string of the molecule is CCCNC(=O)NC1CC(COc2ccc(S(C)(=O)=O)cc2)C(O)C1O. The molecule has 4 N–H and O–H groups in total. The highest BCUT2D eigenvalue weighted by atomic mass is 32.2. The molecule has 1 aliphatic carbocycles. The molecule has 0 bridgehead atoms. The normalized spacial score (nSPS) is 25.7. The fourth-order valence-corrected chi connectivity index (χ4v) is 3.51. The summed E-state index contributed by atoms with van der Waals surface area (Å²) in [7, 11) is -3.27. The third-order valence-electron chi connectivity index (χ3n) is 4.37. The van der Waals surface area contributed by atoms with E-state index in [0.717, 1.165) is 12.7 Å². The van der Waals surface area contributed by atoms with Crippen molar-refractivity contribution in [3.63, 3.8) is 0 Å². The predicted molar refractivity (Wildman–Crippen MR) is 95.8 cm³/mol. The van der Waals surface area contributed by atoms with Gasteiger partial charge in [0.1, 0.15) is 11.9 Å². The van der Waals surface area contributed by atoms with E-state index in [0.29, 0.717) is 18.7 Å². The summed E-state index contributed by atoms with van der Waals surface area (Å²) in [5.74, 6) is 0.118. The number of nitrogens with one attached hydrogen (secondary N) is 2. The fraction of sp³-hybridized carbons (Fsp3) is 0.588. The van der Waals surface area contributed by atoms with Gasteiger partial charge in [0.2, 0.25) is 0 Å². The van der Waals surface area contributed by atoms with Gasteiger partial charge >= 0.3 is 6.03 Å². The third-order valence-corrected chi connectivity index (χ3v) is 5.50. The van der Waals surface area contributed by atoms with Crippen LogP contribution in [0.3, 0.4) is 0 Å². The van der Waals surface area contributed by atoms with Crippen molar-refractivity contribution in [1.82, 2.24) is 10.6 Å². The van der Waals surface area contributed by atoms with E-state index in [4.69, 9.17) is 4.74 Å². The molecule has 9 heteroatoms. The van der Waals surface area contributed by atoms with Crippen molar-refractivity contribution in [2.45, 2.75) is 42.9 Å². The maximum Gasteiger partial charge on any atom is 0.315 e. The lowest BCUT2D eigenvalue weighted by molar-refractivity contribution is 0.00330. The molecule has 1 saturated carbocycles. The molecule has 4 unspecified atom stereocenters. The van der Waals surface area contributed by atoms with Gasteiger partial charge in [0.25, 0.3) is 0 Å². The third kappa shape index (κ3) is 5.33. The second-order valence-electron chi connectivity index (χ2n) is 6.54. The molecule has 0 aromatic heterocycles. The van der Waals surface area contributed by atoms with Crippen LogP contribution in [0.25, 0.3) is 0 Å². The van der Waals surface area contributed by atoms with Crippen LogP contribution in [0.5, 0.6) is 5.75 Å². The molecule has 4 atom stereocenters. The molecular weight excluding hydrogens is 360 g/mol. The topological polar surface area (TPSA) is 125 Å². The molecule has 8 nitrogen and oxygen atoms in total. The van der Waals surface area contributed by atoms with E-state index < -0.39 is 28.1 Å². The van der Waals surface area contributed by atoms with Crippen LogP contribution in [-0.4, -0.2) is 62.3 Å². The lowest BCUT2D eigenvalue weighted by Crippen LogP contribution is -2.47. The van der Waals surface area contributed by atoms with Crippen molar-refractivity contribution in [2.75, 3.05) is 19.4 Å². The molecule has 0 aliphatic heterocycles. The van der Waals surface area contributed by atoms with Crippen LogP contribution >= 0.6 is 0 Å². The first-order valence-electron chi connectivity index (χ1n) is 8.55. The first-order valence-corrected chi connectivity index (χ1v) is 10.4. The van der Waals surface area contributed by atoms with E-state index in [9.17, 15) is 23.4 Å². The largest absolute Gasteiger partial charge is 0.493 e. The van der Waals surface area contributed by atoms with E-state index in [2.05, 4.69) is 10.6 Å². The number of hydrogen-bond donors (Lipinski definition) is 4. The second kappa shape index (κ2) is 8.70. The van der Waals surface area contributed by atoms with Crippen LogP contribution in [0.4, 0.5) is 4.79 Å². The van der Waals surface area contributed by atoms with Gasteiger partial charge in [-0.15, -0.1) is 0 Å². The Labute approximate surface area is 153 Å². The van der Waals surface area contributed by atoms with Crippen molar-refractivity contribution in [1.29, 1.82) is 0 Å². The molecule has 1 fully saturated rings. The average Bonchev–Trinajstić information content (AvgIpc) is 2.85. The number of ether oxygens (including phenoxy) is 1. The summed E-state index contributed by atoms with van der Waals surface area (Å²) < 4.78 is 28.5. The summed E-state index contributed by atoms with van der Waals surface area (Å²) in [6.07, 6.45) is 0.231. The van der Waals surface area contributed by atoms with Crippen molar-refractivity contribution < 1.29 is 28.2 Å². The van der Waals surface area contributed by atoms with Gasteiger partial charge in [-0.1, -0.05) is 6.92 Å². The maximum absolute atomic E-state index is 11.7. The lowest BCUT2D eigenvalue weighted by atomic mass is 10.1. The Kier molecular flexibility index (Phi) is 6.85. The predicted octanol–water partition coefficient (Wildman–Crippen LogP) is 0.288. The zero-order valence-corrected chi connectivity index (χ0v) is 15.7. The van der Waals surface area contributed by atoms with Crippen LogP contribution < -0.4 is 15.4 Å². The molecular formula is C17H26N2O6S. The van der Waals surface area contributed by atoms with Gasteiger partial charge in [-0.05, 0) is 37.1 Å². The maximum atomic E-state index is 11.7. The summed E-state index contributed by atoms with van der Waals surface area (Å²) in [6.45, 7) is 2.61. The molecule has 1 aromatic rings. The minimum absolute atomic E-state index is 0.144. The number of sulfone groups is 1. The summed E-state index contributed by atoms with van der Waals surface area (Å²) in [6, 6.07) is 5.06. The monoisotopic (exact) mass is 386 g/mol. The highest BCUT2D eigenvalue weighted by Gasteiger charge is 2.42. The highest BCUT2D eigenvalue weighted by Crippen LogP contribution is 2.28. The molecule has 0 radical (unpaired) electrons. The van der Waals surface area contributed by atoms with Crippen LogP contribution in [0.2, 0.25) is 0 Å². The number of carbonyl (C=O) groups is 1. The lowest BCUT2D eigenvalue weighted by Gasteiger charge is -2.18. The number of amides is 2. The Morgan fingerprint density at radius 1 is 1.23 bits per heavy atom. The van der Waals surface area contributed by atoms with E-state index in [-0.39, 0.29) is 23.5 Å². The molecule has 2 amide bonds. The standard InChI is InChI=1S/C17H26N2O6S/c1-3-8-18-17(22)19-14-9-11(15(20)16(14)21)10-25-12-4-6-13(7-5-12)26(2,23)24/h4-7,11,14-16,20-21H,3,8-10H2,1-2H3,(H2,18,19,22). The van der Waals surface area contributed by atoms with Gasteiger partial charge in [-0.25, -0.2) is 13.2 Å². The van der Waals surface area contributed by atoms with Crippen LogP contribution in [0.15, 0.2) is 29.2 Å². The average molecular weight is 386 g/mol. The number of rotatable bonds is 7. The number of urea groups is 1. The Morgan fingerprint density at radius 2 is 1.88 bits per heavy atom. The molecule has 1 aromatic carbocycles. The fourth-order valence-electron chi connectivity index (χ4n) is 2.88. The Balaban J connectivity index is 1.88. The first-order chi connectivity index (χ1) is 12.2. The minimum atomic E-state index is -3.27. The number of benzene rings is 1. The molecule has 0 heterocycles. The van der Waals surface area contributed by atoms with E-state index in [1.807, 2.05) is 6.92 Å². The molecule has 0 spiro atoms. The van der Waals surface area contributed by atoms with E-state index in [1.54, 1.807) is 12.1 Å². The summed E-state index contributed by atoms with van der Waals surface area (Å²) in [5, 5.41) is 25.6. The quantitative estimate of drug-likeness (QED) is 0.534. The van der Waals surface area contributed by atoms with E-state index in [1.165, 1.54) is 12.1 Å².